The maximum Gasteiger partial charge on any atom is 0.242 e. The Morgan fingerprint density at radius 2 is 1.81 bits per heavy atom. The van der Waals surface area contributed by atoms with Crippen molar-refractivity contribution in [3.63, 3.8) is 0 Å². The smallest absolute Gasteiger partial charge is 0.242 e. The van der Waals surface area contributed by atoms with Crippen LogP contribution in [0, 0.1) is 6.92 Å². The number of rotatable bonds is 11. The highest BCUT2D eigenvalue weighted by Gasteiger charge is 2.28. The molecule has 1 unspecified atom stereocenters. The van der Waals surface area contributed by atoms with Gasteiger partial charge in [0.15, 0.2) is 0 Å². The van der Waals surface area contributed by atoms with Gasteiger partial charge in [-0.15, -0.1) is 0 Å². The minimum atomic E-state index is -3.63. The topological polar surface area (TPSA) is 96.0 Å². The van der Waals surface area contributed by atoms with E-state index in [0.29, 0.717) is 11.4 Å². The average Bonchev–Trinajstić information content (AvgIpc) is 2.77. The lowest BCUT2D eigenvalue weighted by molar-refractivity contribution is -0.141. The van der Waals surface area contributed by atoms with E-state index in [2.05, 4.69) is 5.32 Å². The molecule has 0 radical (unpaired) electrons. The summed E-state index contributed by atoms with van der Waals surface area (Å²) in [5.74, 6) is -0.0539. The highest BCUT2D eigenvalue weighted by molar-refractivity contribution is 7.92. The van der Waals surface area contributed by atoms with E-state index >= 15 is 0 Å². The van der Waals surface area contributed by atoms with Crippen LogP contribution in [0.1, 0.15) is 51.7 Å². The van der Waals surface area contributed by atoms with Crippen LogP contribution >= 0.6 is 11.6 Å². The van der Waals surface area contributed by atoms with Gasteiger partial charge in [-0.2, -0.15) is 0 Å². The summed E-state index contributed by atoms with van der Waals surface area (Å²) in [5, 5.41) is 3.22. The van der Waals surface area contributed by atoms with E-state index in [0.717, 1.165) is 17.4 Å². The van der Waals surface area contributed by atoms with Crippen molar-refractivity contribution in [1.82, 2.24) is 10.2 Å². The summed E-state index contributed by atoms with van der Waals surface area (Å²) in [5.41, 5.74) is 1.90. The lowest BCUT2D eigenvalue weighted by Gasteiger charge is -2.32. The van der Waals surface area contributed by atoms with Crippen molar-refractivity contribution in [2.24, 2.45) is 0 Å². The van der Waals surface area contributed by atoms with E-state index in [9.17, 15) is 18.0 Å². The number of nitrogens with zero attached hydrogens (tertiary/aromatic N) is 2. The number of ether oxygens (including phenoxy) is 1. The Morgan fingerprint density at radius 3 is 2.35 bits per heavy atom. The van der Waals surface area contributed by atoms with Crippen LogP contribution in [0.25, 0.3) is 0 Å². The van der Waals surface area contributed by atoms with Crippen LogP contribution in [0.3, 0.4) is 0 Å². The van der Waals surface area contributed by atoms with E-state index < -0.39 is 21.6 Å². The minimum Gasteiger partial charge on any atom is -0.495 e. The number of carbonyl (C=O) groups is 2. The molecule has 2 rings (SSSR count). The Bertz CT molecular complexity index is 1210. The van der Waals surface area contributed by atoms with Gasteiger partial charge in [-0.1, -0.05) is 41.4 Å². The molecule has 204 valence electrons. The molecule has 8 nitrogen and oxygen atoms in total. The molecule has 0 aromatic heterocycles. The maximum atomic E-state index is 13.4. The quantitative estimate of drug-likeness (QED) is 0.442. The molecule has 0 saturated carbocycles. The Morgan fingerprint density at radius 1 is 1.14 bits per heavy atom. The second kappa shape index (κ2) is 12.6. The molecular formula is C27H38ClN3O5S. The van der Waals surface area contributed by atoms with Crippen LogP contribution in [0.4, 0.5) is 5.69 Å². The van der Waals surface area contributed by atoms with Gasteiger partial charge < -0.3 is 15.0 Å². The first-order valence-electron chi connectivity index (χ1n) is 12.1. The molecule has 0 fully saturated rings. The van der Waals surface area contributed by atoms with Gasteiger partial charge >= 0.3 is 0 Å². The highest BCUT2D eigenvalue weighted by Crippen LogP contribution is 2.30. The first kappa shape index (κ1) is 30.4. The molecule has 2 aromatic rings. The third-order valence-electron chi connectivity index (χ3n) is 5.68. The van der Waals surface area contributed by atoms with Crippen LogP contribution in [0.2, 0.25) is 5.02 Å². The number of amides is 2. The van der Waals surface area contributed by atoms with Crippen LogP contribution in [-0.4, -0.2) is 56.6 Å². The monoisotopic (exact) mass is 551 g/mol. The van der Waals surface area contributed by atoms with Crippen LogP contribution in [0.5, 0.6) is 5.75 Å². The van der Waals surface area contributed by atoms with Crippen molar-refractivity contribution in [3.05, 3.63) is 58.6 Å². The molecule has 1 atom stereocenters. The van der Waals surface area contributed by atoms with Gasteiger partial charge in [-0.05, 0) is 64.8 Å². The zero-order chi connectivity index (χ0) is 28.0. The fourth-order valence-electron chi connectivity index (χ4n) is 3.88. The molecule has 1 N–H and O–H groups in total. The number of carbonyl (C=O) groups excluding carboxylic acids is 2. The largest absolute Gasteiger partial charge is 0.495 e. The third-order valence-corrected chi connectivity index (χ3v) is 7.17. The number of nitrogens with one attached hydrogen (secondary N) is 1. The van der Waals surface area contributed by atoms with Gasteiger partial charge in [0, 0.05) is 25.0 Å². The normalized spacial score (nSPS) is 12.5. The molecule has 0 heterocycles. The maximum absolute atomic E-state index is 13.4. The Balaban J connectivity index is 2.21. The number of hydrogen-bond donors (Lipinski definition) is 1. The van der Waals surface area contributed by atoms with Gasteiger partial charge in [-0.25, -0.2) is 8.42 Å². The minimum absolute atomic E-state index is 0.0643. The second-order valence-corrected chi connectivity index (χ2v) is 12.5. The molecule has 0 saturated heterocycles. The number of sulfonamides is 1. The molecule has 0 spiro atoms. The van der Waals surface area contributed by atoms with Crippen molar-refractivity contribution in [3.8, 4) is 5.75 Å². The summed E-state index contributed by atoms with van der Waals surface area (Å²) in [7, 11) is -2.15. The lowest BCUT2D eigenvalue weighted by atomic mass is 10.1. The summed E-state index contributed by atoms with van der Waals surface area (Å²) in [6.07, 6.45) is 1.43. The van der Waals surface area contributed by atoms with E-state index in [4.69, 9.17) is 16.3 Å². The van der Waals surface area contributed by atoms with Crippen molar-refractivity contribution in [2.75, 3.05) is 24.2 Å². The highest BCUT2D eigenvalue weighted by atomic mass is 35.5. The van der Waals surface area contributed by atoms with E-state index in [1.54, 1.807) is 24.0 Å². The Hall–Kier alpha value is -2.78. The van der Waals surface area contributed by atoms with Gasteiger partial charge in [0.1, 0.15) is 11.8 Å². The summed E-state index contributed by atoms with van der Waals surface area (Å²) >= 11 is 6.20. The fraction of sp³-hybridized carbons (Fsp3) is 0.481. The first-order valence-corrected chi connectivity index (χ1v) is 14.3. The molecule has 2 aromatic carbocycles. The molecule has 0 aliphatic carbocycles. The van der Waals surface area contributed by atoms with Crippen molar-refractivity contribution in [2.45, 2.75) is 65.6 Å². The standard InChI is InChI=1S/C27H38ClN3O5S/c1-19-10-8-11-21(16-19)18-30(20(2)26(33)29-27(3,4)5)25(32)12-9-15-31(37(7,34)35)22-13-14-24(36-6)23(28)17-22/h8,10-11,13-14,16-17,20H,9,12,15,18H2,1-7H3,(H,29,33). The number of methoxy groups -OCH3 is 1. The zero-order valence-electron chi connectivity index (χ0n) is 22.7. The third kappa shape index (κ3) is 9.23. The number of anilines is 1. The number of benzene rings is 2. The van der Waals surface area contributed by atoms with Gasteiger partial charge in [0.25, 0.3) is 0 Å². The van der Waals surface area contributed by atoms with Crippen LogP contribution in [-0.2, 0) is 26.2 Å². The number of aryl methyl sites for hydroxylation is 1. The van der Waals surface area contributed by atoms with Crippen molar-refractivity contribution < 1.29 is 22.7 Å². The predicted molar refractivity (Wildman–Crippen MR) is 149 cm³/mol. The fourth-order valence-corrected chi connectivity index (χ4v) is 5.09. The molecule has 0 aliphatic heterocycles. The first-order chi connectivity index (χ1) is 17.1. The molecule has 0 bridgehead atoms. The van der Waals surface area contributed by atoms with E-state index in [1.807, 2.05) is 52.0 Å². The Labute approximate surface area is 226 Å². The van der Waals surface area contributed by atoms with E-state index in [1.165, 1.54) is 17.5 Å². The van der Waals surface area contributed by atoms with Crippen LogP contribution in [0.15, 0.2) is 42.5 Å². The predicted octanol–water partition coefficient (Wildman–Crippen LogP) is 4.54. The molecule has 37 heavy (non-hydrogen) atoms. The summed E-state index contributed by atoms with van der Waals surface area (Å²) in [6, 6.07) is 11.8. The molecule has 0 aliphatic rings. The van der Waals surface area contributed by atoms with E-state index in [-0.39, 0.29) is 42.8 Å². The molecule has 10 heteroatoms. The van der Waals surface area contributed by atoms with Gasteiger partial charge in [0.2, 0.25) is 21.8 Å². The van der Waals surface area contributed by atoms with Crippen molar-refractivity contribution in [1.29, 1.82) is 0 Å². The summed E-state index contributed by atoms with van der Waals surface area (Å²) in [4.78, 5) is 27.9. The summed E-state index contributed by atoms with van der Waals surface area (Å²) in [6.45, 7) is 9.67. The Kier molecular flexibility index (Phi) is 10.4. The number of halogens is 1. The van der Waals surface area contributed by atoms with Gasteiger partial charge in [-0.3, -0.25) is 13.9 Å². The lowest BCUT2D eigenvalue weighted by Crippen LogP contribution is -2.52. The SMILES string of the molecule is COc1ccc(N(CCCC(=O)N(Cc2cccc(C)c2)C(C)C(=O)NC(C)(C)C)S(C)(=O)=O)cc1Cl. The van der Waals surface area contributed by atoms with Crippen molar-refractivity contribution >= 4 is 39.1 Å². The summed E-state index contributed by atoms with van der Waals surface area (Å²) < 4.78 is 31.4. The van der Waals surface area contributed by atoms with Crippen LogP contribution < -0.4 is 14.4 Å². The molecule has 2 amide bonds. The number of hydrogen-bond acceptors (Lipinski definition) is 5. The van der Waals surface area contributed by atoms with Gasteiger partial charge in [0.05, 0.1) is 24.1 Å². The average molecular weight is 552 g/mol. The second-order valence-electron chi connectivity index (χ2n) is 10.2. The molecular weight excluding hydrogens is 514 g/mol. The zero-order valence-corrected chi connectivity index (χ0v) is 24.2.